The van der Waals surface area contributed by atoms with E-state index in [1.165, 1.54) is 11.9 Å². The van der Waals surface area contributed by atoms with Gasteiger partial charge in [-0.15, -0.1) is 0 Å². The number of hydrogen-bond donors (Lipinski definition) is 1. The van der Waals surface area contributed by atoms with Crippen LogP contribution in [-0.2, 0) is 0 Å². The second-order valence-electron chi connectivity index (χ2n) is 2.28. The van der Waals surface area contributed by atoms with Gasteiger partial charge in [-0.05, 0) is 0 Å². The van der Waals surface area contributed by atoms with Crippen molar-refractivity contribution in [3.63, 3.8) is 0 Å². The van der Waals surface area contributed by atoms with Gasteiger partial charge in [-0.25, -0.2) is 0 Å². The quantitative estimate of drug-likeness (QED) is 0.542. The number of rotatable bonds is 0. The van der Waals surface area contributed by atoms with E-state index in [2.05, 4.69) is 23.5 Å². The van der Waals surface area contributed by atoms with Gasteiger partial charge in [-0.1, -0.05) is 0 Å². The standard InChI is InChI=1S/C7H9NSe/c1-2-4-7-6(3-1)8-5-9-7/h1-2,4,6,8H,3,5H2. The Morgan fingerprint density at radius 1 is 1.67 bits per heavy atom. The minimum absolute atomic E-state index is 0.718. The summed E-state index contributed by atoms with van der Waals surface area (Å²) >= 11 is 0.759. The molecule has 48 valence electrons. The Kier molecular flexibility index (Phi) is 1.46. The van der Waals surface area contributed by atoms with Gasteiger partial charge in [0.1, 0.15) is 0 Å². The summed E-state index contributed by atoms with van der Waals surface area (Å²) in [4.78, 5) is 0. The first-order chi connectivity index (χ1) is 4.47. The Balaban J connectivity index is 2.23. The van der Waals surface area contributed by atoms with Gasteiger partial charge in [-0.2, -0.15) is 0 Å². The Morgan fingerprint density at radius 3 is 3.56 bits per heavy atom. The Labute approximate surface area is 61.4 Å². The van der Waals surface area contributed by atoms with Crippen LogP contribution in [0.15, 0.2) is 22.7 Å². The maximum atomic E-state index is 3.47. The van der Waals surface area contributed by atoms with Gasteiger partial charge in [0.05, 0.1) is 0 Å². The zero-order chi connectivity index (χ0) is 6.10. The molecule has 0 aromatic rings. The molecule has 0 amide bonds. The second kappa shape index (κ2) is 2.30. The van der Waals surface area contributed by atoms with E-state index >= 15 is 0 Å². The van der Waals surface area contributed by atoms with Crippen LogP contribution in [0.2, 0.25) is 0 Å². The predicted molar refractivity (Wildman–Crippen MR) is 39.4 cm³/mol. The van der Waals surface area contributed by atoms with E-state index in [1.54, 1.807) is 4.47 Å². The monoisotopic (exact) mass is 187 g/mol. The normalized spacial score (nSPS) is 32.0. The molecule has 0 saturated carbocycles. The van der Waals surface area contributed by atoms with E-state index in [4.69, 9.17) is 0 Å². The van der Waals surface area contributed by atoms with E-state index in [-0.39, 0.29) is 0 Å². The predicted octanol–water partition coefficient (Wildman–Crippen LogP) is 0.464. The van der Waals surface area contributed by atoms with Crippen molar-refractivity contribution in [2.75, 3.05) is 5.44 Å². The Morgan fingerprint density at radius 2 is 2.67 bits per heavy atom. The number of fused-ring (bicyclic) bond motifs is 1. The third-order valence-corrected chi connectivity index (χ3v) is 3.91. The van der Waals surface area contributed by atoms with Gasteiger partial charge in [0.25, 0.3) is 0 Å². The van der Waals surface area contributed by atoms with Crippen molar-refractivity contribution in [2.45, 2.75) is 12.5 Å². The first-order valence-electron chi connectivity index (χ1n) is 3.20. The molecule has 0 aromatic heterocycles. The first-order valence-corrected chi connectivity index (χ1v) is 5.26. The van der Waals surface area contributed by atoms with Crippen molar-refractivity contribution in [3.05, 3.63) is 22.7 Å². The van der Waals surface area contributed by atoms with Crippen LogP contribution in [0.25, 0.3) is 0 Å². The molecule has 2 rings (SSSR count). The zero-order valence-electron chi connectivity index (χ0n) is 5.13. The Bertz CT molecular complexity index is 172. The number of nitrogens with one attached hydrogen (secondary N) is 1. The fourth-order valence-corrected chi connectivity index (χ4v) is 3.28. The zero-order valence-corrected chi connectivity index (χ0v) is 6.84. The third kappa shape index (κ3) is 0.983. The summed E-state index contributed by atoms with van der Waals surface area (Å²) < 4.78 is 1.66. The third-order valence-electron chi connectivity index (χ3n) is 1.68. The van der Waals surface area contributed by atoms with Crippen molar-refractivity contribution >= 4 is 15.0 Å². The summed E-state index contributed by atoms with van der Waals surface area (Å²) in [6.07, 6.45) is 7.91. The molecule has 0 aromatic carbocycles. The van der Waals surface area contributed by atoms with Crippen LogP contribution < -0.4 is 5.32 Å². The van der Waals surface area contributed by atoms with E-state index < -0.39 is 0 Å². The Hall–Kier alpha value is -0.0405. The minimum atomic E-state index is 0.718. The van der Waals surface area contributed by atoms with Crippen molar-refractivity contribution < 1.29 is 0 Å². The summed E-state index contributed by atoms with van der Waals surface area (Å²) in [5, 5.41) is 3.47. The van der Waals surface area contributed by atoms with Crippen molar-refractivity contribution in [1.29, 1.82) is 0 Å². The summed E-state index contributed by atoms with van der Waals surface area (Å²) in [5.74, 6) is 0. The van der Waals surface area contributed by atoms with Gasteiger partial charge in [0.15, 0.2) is 0 Å². The second-order valence-corrected chi connectivity index (χ2v) is 4.48. The molecule has 1 saturated heterocycles. The molecule has 1 aliphatic heterocycles. The van der Waals surface area contributed by atoms with Crippen LogP contribution in [0, 0.1) is 0 Å². The van der Waals surface area contributed by atoms with Crippen LogP contribution in [-0.4, -0.2) is 26.4 Å². The molecule has 1 heterocycles. The van der Waals surface area contributed by atoms with Crippen molar-refractivity contribution in [3.8, 4) is 0 Å². The van der Waals surface area contributed by atoms with E-state index in [0.717, 1.165) is 21.0 Å². The molecular formula is C7H9NSe. The topological polar surface area (TPSA) is 12.0 Å². The van der Waals surface area contributed by atoms with Gasteiger partial charge >= 0.3 is 60.9 Å². The van der Waals surface area contributed by atoms with Gasteiger partial charge < -0.3 is 0 Å². The van der Waals surface area contributed by atoms with E-state index in [1.807, 2.05) is 0 Å². The molecule has 9 heavy (non-hydrogen) atoms. The number of allylic oxidation sites excluding steroid dienone is 2. The van der Waals surface area contributed by atoms with Crippen LogP contribution in [0.1, 0.15) is 6.42 Å². The van der Waals surface area contributed by atoms with Crippen molar-refractivity contribution in [1.82, 2.24) is 5.32 Å². The van der Waals surface area contributed by atoms with E-state index in [9.17, 15) is 0 Å². The maximum absolute atomic E-state index is 3.47. The SMILES string of the molecule is C1=CCC2NC[Se]C2=C1. The average molecular weight is 186 g/mol. The van der Waals surface area contributed by atoms with Crippen LogP contribution in [0.3, 0.4) is 0 Å². The molecule has 0 bridgehead atoms. The average Bonchev–Trinajstić information content (AvgIpc) is 2.33. The first kappa shape index (κ1) is 5.72. The molecule has 1 N–H and O–H groups in total. The fourth-order valence-electron chi connectivity index (χ4n) is 1.17. The van der Waals surface area contributed by atoms with Gasteiger partial charge in [0.2, 0.25) is 0 Å². The van der Waals surface area contributed by atoms with Gasteiger partial charge in [0, 0.05) is 0 Å². The fraction of sp³-hybridized carbons (Fsp3) is 0.429. The summed E-state index contributed by atoms with van der Waals surface area (Å²) in [6, 6.07) is 0.718. The van der Waals surface area contributed by atoms with Gasteiger partial charge in [-0.3, -0.25) is 0 Å². The molecule has 0 spiro atoms. The van der Waals surface area contributed by atoms with Crippen LogP contribution in [0.5, 0.6) is 0 Å². The molecule has 0 radical (unpaired) electrons. The molecule has 1 nitrogen and oxygen atoms in total. The molecule has 1 atom stereocenters. The molecule has 2 aliphatic rings. The molecule has 2 heteroatoms. The molecule has 1 unspecified atom stereocenters. The summed E-state index contributed by atoms with van der Waals surface area (Å²) in [6.45, 7) is 0. The van der Waals surface area contributed by atoms with E-state index in [0.29, 0.717) is 0 Å². The molecule has 1 aliphatic carbocycles. The molecular weight excluding hydrogens is 177 g/mol. The molecule has 1 fully saturated rings. The summed E-state index contributed by atoms with van der Waals surface area (Å²) in [7, 11) is 0. The summed E-state index contributed by atoms with van der Waals surface area (Å²) in [5.41, 5.74) is 1.24. The van der Waals surface area contributed by atoms with Crippen LogP contribution >= 0.6 is 0 Å². The van der Waals surface area contributed by atoms with Crippen LogP contribution in [0.4, 0.5) is 0 Å². The number of hydrogen-bond acceptors (Lipinski definition) is 1. The van der Waals surface area contributed by atoms with Crippen molar-refractivity contribution in [2.24, 2.45) is 0 Å².